The summed E-state index contributed by atoms with van der Waals surface area (Å²) in [6.07, 6.45) is 5.36. The number of nitrogens with zero attached hydrogens (tertiary/aromatic N) is 8. The van der Waals surface area contributed by atoms with Crippen molar-refractivity contribution in [2.75, 3.05) is 0 Å². The Kier molecular flexibility index (Phi) is 3.48. The van der Waals surface area contributed by atoms with E-state index in [1.165, 1.54) is 37.0 Å². The largest absolute Gasteiger partial charge is 0.333 e. The minimum atomic E-state index is -0.571. The molecule has 0 aliphatic rings. The molecule has 24 heavy (non-hydrogen) atoms. The van der Waals surface area contributed by atoms with E-state index in [0.29, 0.717) is 5.56 Å². The number of aromatic nitrogens is 5. The van der Waals surface area contributed by atoms with Gasteiger partial charge in [0.25, 0.3) is 0 Å². The lowest BCUT2D eigenvalue weighted by molar-refractivity contribution is -0.386. The van der Waals surface area contributed by atoms with E-state index in [2.05, 4.69) is 20.3 Å². The summed E-state index contributed by atoms with van der Waals surface area (Å²) in [5, 5.41) is 33.7. The van der Waals surface area contributed by atoms with Crippen LogP contribution in [-0.4, -0.2) is 40.5 Å². The van der Waals surface area contributed by atoms with Gasteiger partial charge in [-0.15, -0.1) is 9.89 Å². The zero-order valence-corrected chi connectivity index (χ0v) is 12.5. The zero-order valence-electron chi connectivity index (χ0n) is 12.5. The summed E-state index contributed by atoms with van der Waals surface area (Å²) >= 11 is 0. The third-order valence-corrected chi connectivity index (χ3v) is 3.28. The second-order valence-electron chi connectivity index (χ2n) is 4.85. The molecular weight excluding hydrogens is 320 g/mol. The molecular formula is C12H10N8O4. The predicted octanol–water partition coefficient (Wildman–Crippen LogP) is 1.24. The lowest BCUT2D eigenvalue weighted by Crippen LogP contribution is -1.99. The Morgan fingerprint density at radius 3 is 2.58 bits per heavy atom. The molecule has 0 saturated carbocycles. The van der Waals surface area contributed by atoms with E-state index in [1.807, 2.05) is 0 Å². The summed E-state index contributed by atoms with van der Waals surface area (Å²) < 4.78 is 1.25. The van der Waals surface area contributed by atoms with Crippen molar-refractivity contribution in [2.45, 2.75) is 13.8 Å². The summed E-state index contributed by atoms with van der Waals surface area (Å²) in [5.41, 5.74) is 0.856. The van der Waals surface area contributed by atoms with E-state index in [9.17, 15) is 20.2 Å². The van der Waals surface area contributed by atoms with Gasteiger partial charge < -0.3 is 0 Å². The van der Waals surface area contributed by atoms with Gasteiger partial charge in [-0.3, -0.25) is 20.2 Å². The van der Waals surface area contributed by atoms with Crippen LogP contribution in [0.1, 0.15) is 17.0 Å². The Labute approximate surface area is 133 Å². The Morgan fingerprint density at radius 2 is 1.96 bits per heavy atom. The second kappa shape index (κ2) is 5.49. The summed E-state index contributed by atoms with van der Waals surface area (Å²) in [4.78, 5) is 25.8. The zero-order chi connectivity index (χ0) is 17.4. The number of fused-ring (bicyclic) bond motifs is 1. The minimum Gasteiger partial charge on any atom is -0.258 e. The van der Waals surface area contributed by atoms with E-state index in [-0.39, 0.29) is 28.4 Å². The smallest absolute Gasteiger partial charge is 0.258 e. The van der Waals surface area contributed by atoms with Crippen molar-refractivity contribution in [2.24, 2.45) is 5.10 Å². The van der Waals surface area contributed by atoms with Crippen LogP contribution in [0.25, 0.3) is 5.65 Å². The Hall–Kier alpha value is -3.70. The van der Waals surface area contributed by atoms with Crippen LogP contribution < -0.4 is 0 Å². The van der Waals surface area contributed by atoms with Gasteiger partial charge in [0, 0.05) is 18.0 Å². The molecule has 3 aromatic rings. The van der Waals surface area contributed by atoms with Crippen LogP contribution in [0.4, 0.5) is 11.4 Å². The molecule has 0 aliphatic carbocycles. The highest BCUT2D eigenvalue weighted by Gasteiger charge is 2.21. The maximum absolute atomic E-state index is 11.0. The molecule has 0 N–H and O–H groups in total. The molecule has 0 unspecified atom stereocenters. The average molecular weight is 330 g/mol. The second-order valence-corrected chi connectivity index (χ2v) is 4.85. The third kappa shape index (κ3) is 2.45. The highest BCUT2D eigenvalue weighted by Crippen LogP contribution is 2.21. The van der Waals surface area contributed by atoms with Crippen LogP contribution in [0.3, 0.4) is 0 Å². The van der Waals surface area contributed by atoms with Gasteiger partial charge in [0.05, 0.1) is 16.1 Å². The molecule has 12 nitrogen and oxygen atoms in total. The topological polar surface area (TPSA) is 147 Å². The molecule has 122 valence electrons. The van der Waals surface area contributed by atoms with Crippen LogP contribution in [0.2, 0.25) is 0 Å². The van der Waals surface area contributed by atoms with Crippen molar-refractivity contribution in [3.05, 3.63) is 55.8 Å². The Bertz CT molecular complexity index is 1000. The van der Waals surface area contributed by atoms with E-state index in [0.717, 1.165) is 11.0 Å². The molecule has 0 saturated heterocycles. The molecule has 0 atom stereocenters. The maximum Gasteiger partial charge on any atom is 0.333 e. The lowest BCUT2D eigenvalue weighted by atomic mass is 10.3. The van der Waals surface area contributed by atoms with Gasteiger partial charge in [-0.25, -0.2) is 9.50 Å². The first-order valence-electron chi connectivity index (χ1n) is 6.61. The first-order valence-corrected chi connectivity index (χ1v) is 6.61. The summed E-state index contributed by atoms with van der Waals surface area (Å²) in [5.74, 6) is 0. The molecule has 3 heterocycles. The molecule has 3 rings (SSSR count). The number of rotatable bonds is 4. The number of hydrogen-bond acceptors (Lipinski definition) is 8. The third-order valence-electron chi connectivity index (χ3n) is 3.28. The van der Waals surface area contributed by atoms with Gasteiger partial charge in [-0.05, 0) is 13.8 Å². The normalized spacial score (nSPS) is 11.4. The van der Waals surface area contributed by atoms with Gasteiger partial charge in [0.15, 0.2) is 0 Å². The van der Waals surface area contributed by atoms with Crippen LogP contribution in [-0.2, 0) is 0 Å². The SMILES string of the molecule is Cc1nn(/N=C\c2cnc3c([N+](=O)[O-])cnn3c2)c(C)c1[N+](=O)[O-]. The first kappa shape index (κ1) is 15.2. The van der Waals surface area contributed by atoms with Gasteiger partial charge in [-0.1, -0.05) is 0 Å². The van der Waals surface area contributed by atoms with Crippen molar-refractivity contribution in [1.29, 1.82) is 0 Å². The quantitative estimate of drug-likeness (QED) is 0.397. The predicted molar refractivity (Wildman–Crippen MR) is 81.0 cm³/mol. The van der Waals surface area contributed by atoms with E-state index in [4.69, 9.17) is 0 Å². The Balaban J connectivity index is 1.95. The number of aryl methyl sites for hydroxylation is 1. The van der Waals surface area contributed by atoms with Gasteiger partial charge in [0.2, 0.25) is 5.65 Å². The van der Waals surface area contributed by atoms with Crippen LogP contribution in [0.15, 0.2) is 23.7 Å². The molecule has 0 bridgehead atoms. The lowest BCUT2D eigenvalue weighted by Gasteiger charge is -1.96. The first-order chi connectivity index (χ1) is 11.4. The molecule has 0 aliphatic heterocycles. The number of hydrogen-bond donors (Lipinski definition) is 0. The Morgan fingerprint density at radius 1 is 1.21 bits per heavy atom. The van der Waals surface area contributed by atoms with Crippen molar-refractivity contribution >= 4 is 23.2 Å². The maximum atomic E-state index is 11.0. The van der Waals surface area contributed by atoms with Crippen molar-refractivity contribution in [1.82, 2.24) is 24.5 Å². The van der Waals surface area contributed by atoms with Crippen molar-refractivity contribution < 1.29 is 9.85 Å². The summed E-state index contributed by atoms with van der Waals surface area (Å²) in [6, 6.07) is 0. The highest BCUT2D eigenvalue weighted by molar-refractivity contribution is 5.79. The fourth-order valence-electron chi connectivity index (χ4n) is 2.19. The van der Waals surface area contributed by atoms with Crippen molar-refractivity contribution in [3.63, 3.8) is 0 Å². The highest BCUT2D eigenvalue weighted by atomic mass is 16.6. The standard InChI is InChI=1S/C12H10N8O4/c1-7-11(20(23)24)8(2)18(16-7)15-4-9-3-13-12-10(19(21)22)5-14-17(12)6-9/h3-6H,1-2H3/b15-4-. The average Bonchev–Trinajstić information content (AvgIpc) is 3.05. The number of nitro groups is 2. The molecule has 0 spiro atoms. The van der Waals surface area contributed by atoms with Gasteiger partial charge in [-0.2, -0.15) is 10.2 Å². The van der Waals surface area contributed by atoms with E-state index < -0.39 is 9.85 Å². The van der Waals surface area contributed by atoms with Gasteiger partial charge >= 0.3 is 11.4 Å². The molecule has 0 radical (unpaired) electrons. The van der Waals surface area contributed by atoms with Gasteiger partial charge in [0.1, 0.15) is 17.6 Å². The van der Waals surface area contributed by atoms with E-state index in [1.54, 1.807) is 0 Å². The van der Waals surface area contributed by atoms with E-state index >= 15 is 0 Å². The summed E-state index contributed by atoms with van der Waals surface area (Å²) in [6.45, 7) is 3.06. The van der Waals surface area contributed by atoms with Crippen molar-refractivity contribution in [3.8, 4) is 0 Å². The molecule has 0 amide bonds. The van der Waals surface area contributed by atoms with Crippen LogP contribution in [0.5, 0.6) is 0 Å². The molecule has 0 fully saturated rings. The molecule has 3 aromatic heterocycles. The fourth-order valence-corrected chi connectivity index (χ4v) is 2.19. The van der Waals surface area contributed by atoms with Crippen LogP contribution in [0, 0.1) is 34.1 Å². The monoisotopic (exact) mass is 330 g/mol. The minimum absolute atomic E-state index is 0.0940. The molecule has 12 heteroatoms. The summed E-state index contributed by atoms with van der Waals surface area (Å²) in [7, 11) is 0. The molecule has 0 aromatic carbocycles. The fraction of sp³-hybridized carbons (Fsp3) is 0.167. The van der Waals surface area contributed by atoms with Crippen LogP contribution >= 0.6 is 0 Å².